The van der Waals surface area contributed by atoms with Gasteiger partial charge in [-0.25, -0.2) is 0 Å². The van der Waals surface area contributed by atoms with Crippen molar-refractivity contribution in [1.82, 2.24) is 10.2 Å². The molecule has 0 amide bonds. The molecule has 0 bridgehead atoms. The second-order valence-electron chi connectivity index (χ2n) is 6.31. The van der Waals surface area contributed by atoms with Crippen molar-refractivity contribution < 1.29 is 0 Å². The lowest BCUT2D eigenvalue weighted by atomic mass is 9.88. The van der Waals surface area contributed by atoms with Crippen LogP contribution in [0.3, 0.4) is 0 Å². The van der Waals surface area contributed by atoms with E-state index >= 15 is 0 Å². The average molecular weight is 252 g/mol. The molecule has 1 heterocycles. The van der Waals surface area contributed by atoms with Crippen LogP contribution in [0, 0.1) is 0 Å². The minimum Gasteiger partial charge on any atom is -0.313 e. The number of likely N-dealkylation sites (N-methyl/N-ethyl adjacent to an activating group) is 1. The van der Waals surface area contributed by atoms with Crippen molar-refractivity contribution in [2.24, 2.45) is 0 Å². The molecule has 1 aliphatic carbocycles. The monoisotopic (exact) mass is 252 g/mol. The summed E-state index contributed by atoms with van der Waals surface area (Å²) >= 11 is 0. The maximum atomic E-state index is 3.78. The van der Waals surface area contributed by atoms with Gasteiger partial charge in [-0.15, -0.1) is 0 Å². The van der Waals surface area contributed by atoms with Crippen LogP contribution >= 0.6 is 0 Å². The van der Waals surface area contributed by atoms with E-state index < -0.39 is 0 Å². The van der Waals surface area contributed by atoms with Crippen molar-refractivity contribution in [2.75, 3.05) is 13.1 Å². The second-order valence-corrected chi connectivity index (χ2v) is 6.31. The van der Waals surface area contributed by atoms with Crippen molar-refractivity contribution in [2.45, 2.75) is 89.8 Å². The first-order valence-electron chi connectivity index (χ1n) is 8.32. The van der Waals surface area contributed by atoms with E-state index in [1.54, 1.807) is 0 Å². The molecule has 18 heavy (non-hydrogen) atoms. The third-order valence-corrected chi connectivity index (χ3v) is 4.98. The Morgan fingerprint density at radius 2 is 1.67 bits per heavy atom. The van der Waals surface area contributed by atoms with Crippen molar-refractivity contribution >= 4 is 0 Å². The Labute approximate surface area is 114 Å². The maximum Gasteiger partial charge on any atom is 0.0252 e. The average Bonchev–Trinajstić information content (AvgIpc) is 2.35. The zero-order valence-corrected chi connectivity index (χ0v) is 12.5. The molecule has 0 spiro atoms. The van der Waals surface area contributed by atoms with Crippen LogP contribution in [0.15, 0.2) is 0 Å². The summed E-state index contributed by atoms with van der Waals surface area (Å²) in [6.45, 7) is 7.17. The van der Waals surface area contributed by atoms with Crippen LogP contribution in [0.25, 0.3) is 0 Å². The topological polar surface area (TPSA) is 15.3 Å². The van der Waals surface area contributed by atoms with Crippen LogP contribution in [0.2, 0.25) is 0 Å². The third-order valence-electron chi connectivity index (χ3n) is 4.98. The summed E-state index contributed by atoms with van der Waals surface area (Å²) in [7, 11) is 0. The van der Waals surface area contributed by atoms with E-state index in [-0.39, 0.29) is 0 Å². The van der Waals surface area contributed by atoms with E-state index in [0.717, 1.165) is 24.7 Å². The first-order valence-corrected chi connectivity index (χ1v) is 8.32. The quantitative estimate of drug-likeness (QED) is 0.826. The lowest BCUT2D eigenvalue weighted by Gasteiger charge is -2.44. The van der Waals surface area contributed by atoms with Gasteiger partial charge in [-0.2, -0.15) is 0 Å². The molecule has 1 saturated heterocycles. The van der Waals surface area contributed by atoms with E-state index in [1.807, 2.05) is 0 Å². The van der Waals surface area contributed by atoms with Crippen LogP contribution in [0.1, 0.15) is 71.6 Å². The minimum absolute atomic E-state index is 0.746. The Morgan fingerprint density at radius 3 is 2.39 bits per heavy atom. The van der Waals surface area contributed by atoms with Gasteiger partial charge in [-0.1, -0.05) is 39.0 Å². The lowest BCUT2D eigenvalue weighted by Crippen LogP contribution is -2.54. The highest BCUT2D eigenvalue weighted by atomic mass is 15.2. The number of hydrogen-bond acceptors (Lipinski definition) is 2. The van der Waals surface area contributed by atoms with Gasteiger partial charge in [-0.3, -0.25) is 4.90 Å². The summed E-state index contributed by atoms with van der Waals surface area (Å²) in [5, 5.41) is 3.78. The number of nitrogens with one attached hydrogen (secondary N) is 1. The zero-order chi connectivity index (χ0) is 12.8. The smallest absolute Gasteiger partial charge is 0.0252 e. The highest BCUT2D eigenvalue weighted by Gasteiger charge is 2.31. The van der Waals surface area contributed by atoms with Gasteiger partial charge < -0.3 is 5.32 Å². The number of piperidine rings is 1. The molecule has 2 fully saturated rings. The van der Waals surface area contributed by atoms with Gasteiger partial charge >= 0.3 is 0 Å². The summed E-state index contributed by atoms with van der Waals surface area (Å²) in [5.74, 6) is 0. The fourth-order valence-corrected chi connectivity index (χ4v) is 3.98. The van der Waals surface area contributed by atoms with E-state index in [0.29, 0.717) is 0 Å². The molecule has 106 valence electrons. The van der Waals surface area contributed by atoms with E-state index in [2.05, 4.69) is 24.1 Å². The second kappa shape index (κ2) is 7.49. The molecule has 0 aromatic rings. The van der Waals surface area contributed by atoms with Gasteiger partial charge in [0.1, 0.15) is 0 Å². The summed E-state index contributed by atoms with van der Waals surface area (Å²) in [4.78, 5) is 2.84. The Bertz CT molecular complexity index is 229. The normalized spacial score (nSPS) is 36.0. The highest BCUT2D eigenvalue weighted by Crippen LogP contribution is 2.27. The molecule has 2 rings (SSSR count). The summed E-state index contributed by atoms with van der Waals surface area (Å²) in [6.07, 6.45) is 12.9. The van der Waals surface area contributed by atoms with Crippen molar-refractivity contribution in [3.63, 3.8) is 0 Å². The Morgan fingerprint density at radius 1 is 0.944 bits per heavy atom. The van der Waals surface area contributed by atoms with Crippen molar-refractivity contribution in [3.8, 4) is 0 Å². The first-order chi connectivity index (χ1) is 8.83. The number of hydrogen-bond donors (Lipinski definition) is 1. The van der Waals surface area contributed by atoms with Crippen LogP contribution in [-0.4, -0.2) is 36.1 Å². The Balaban J connectivity index is 2.02. The maximum absolute atomic E-state index is 3.78. The highest BCUT2D eigenvalue weighted by molar-refractivity contribution is 4.89. The molecule has 0 radical (unpaired) electrons. The SMILES string of the molecule is CCNC1CCCCCCC1N1CCCCC1C. The molecule has 1 N–H and O–H groups in total. The number of likely N-dealkylation sites (tertiary alicyclic amines) is 1. The zero-order valence-electron chi connectivity index (χ0n) is 12.5. The molecule has 0 aromatic heterocycles. The van der Waals surface area contributed by atoms with Gasteiger partial charge in [0.05, 0.1) is 0 Å². The van der Waals surface area contributed by atoms with Crippen LogP contribution < -0.4 is 5.32 Å². The third kappa shape index (κ3) is 3.71. The van der Waals surface area contributed by atoms with Crippen molar-refractivity contribution in [3.05, 3.63) is 0 Å². The van der Waals surface area contributed by atoms with Crippen molar-refractivity contribution in [1.29, 1.82) is 0 Å². The molecule has 2 nitrogen and oxygen atoms in total. The van der Waals surface area contributed by atoms with E-state index in [4.69, 9.17) is 0 Å². The molecule has 2 heteroatoms. The van der Waals surface area contributed by atoms with Gasteiger partial charge in [0.25, 0.3) is 0 Å². The molecular formula is C16H32N2. The van der Waals surface area contributed by atoms with Gasteiger partial charge in [0, 0.05) is 18.1 Å². The molecular weight excluding hydrogens is 220 g/mol. The molecule has 3 unspecified atom stereocenters. The van der Waals surface area contributed by atoms with Crippen LogP contribution in [0.5, 0.6) is 0 Å². The number of rotatable bonds is 3. The lowest BCUT2D eigenvalue weighted by molar-refractivity contribution is 0.0680. The molecule has 3 atom stereocenters. The predicted octanol–water partition coefficient (Wildman–Crippen LogP) is 3.56. The molecule has 1 aliphatic heterocycles. The fourth-order valence-electron chi connectivity index (χ4n) is 3.98. The Kier molecular flexibility index (Phi) is 5.97. The molecule has 2 aliphatic rings. The standard InChI is InChI=1S/C16H32N2/c1-3-17-15-11-6-4-5-7-12-16(15)18-13-9-8-10-14(18)2/h14-17H,3-13H2,1-2H3. The van der Waals surface area contributed by atoms with Gasteiger partial charge in [-0.05, 0) is 45.7 Å². The summed E-state index contributed by atoms with van der Waals surface area (Å²) < 4.78 is 0. The fraction of sp³-hybridized carbons (Fsp3) is 1.00. The molecule has 0 aromatic carbocycles. The predicted molar refractivity (Wildman–Crippen MR) is 79.0 cm³/mol. The molecule has 1 saturated carbocycles. The summed E-state index contributed by atoms with van der Waals surface area (Å²) in [6, 6.07) is 2.36. The van der Waals surface area contributed by atoms with Gasteiger partial charge in [0.2, 0.25) is 0 Å². The number of nitrogens with zero attached hydrogens (tertiary/aromatic N) is 1. The Hall–Kier alpha value is -0.0800. The van der Waals surface area contributed by atoms with Gasteiger partial charge in [0.15, 0.2) is 0 Å². The van der Waals surface area contributed by atoms with E-state index in [9.17, 15) is 0 Å². The first kappa shape index (κ1) is 14.3. The minimum atomic E-state index is 0.746. The summed E-state index contributed by atoms with van der Waals surface area (Å²) in [5.41, 5.74) is 0. The largest absolute Gasteiger partial charge is 0.313 e. The van der Waals surface area contributed by atoms with Crippen LogP contribution in [0.4, 0.5) is 0 Å². The van der Waals surface area contributed by atoms with Crippen LogP contribution in [-0.2, 0) is 0 Å². The van der Waals surface area contributed by atoms with E-state index in [1.165, 1.54) is 64.3 Å².